The molecule has 3 heteroatoms. The molecule has 0 bridgehead atoms. The first kappa shape index (κ1) is 19.2. The van der Waals surface area contributed by atoms with Crippen LogP contribution in [0.4, 0.5) is 0 Å². The normalized spacial score (nSPS) is 11.9. The highest BCUT2D eigenvalue weighted by Gasteiger charge is 2.15. The van der Waals surface area contributed by atoms with E-state index in [1.165, 1.54) is 11.1 Å². The fraction of sp³-hybridized carbons (Fsp3) is 0.250. The summed E-state index contributed by atoms with van der Waals surface area (Å²) in [5.74, 6) is 2.15. The smallest absolute Gasteiger partial charge is 0.130 e. The van der Waals surface area contributed by atoms with Gasteiger partial charge < -0.3 is 15.2 Å². The monoisotopic (exact) mass is 361 g/mol. The third-order valence-corrected chi connectivity index (χ3v) is 4.64. The molecule has 0 aliphatic rings. The van der Waals surface area contributed by atoms with E-state index in [9.17, 15) is 0 Å². The van der Waals surface area contributed by atoms with Crippen molar-refractivity contribution in [3.63, 3.8) is 0 Å². The molecule has 0 fully saturated rings. The van der Waals surface area contributed by atoms with Crippen molar-refractivity contribution in [2.75, 3.05) is 19.7 Å². The predicted molar refractivity (Wildman–Crippen MR) is 110 cm³/mol. The molecule has 0 aliphatic heterocycles. The summed E-state index contributed by atoms with van der Waals surface area (Å²) in [4.78, 5) is 0. The van der Waals surface area contributed by atoms with Crippen LogP contribution in [0.2, 0.25) is 0 Å². The first-order valence-corrected chi connectivity index (χ1v) is 9.54. The molecule has 3 nitrogen and oxygen atoms in total. The Balaban J connectivity index is 1.76. The van der Waals surface area contributed by atoms with Crippen LogP contribution in [-0.4, -0.2) is 24.8 Å². The molecule has 0 spiro atoms. The maximum Gasteiger partial charge on any atom is 0.130 e. The fourth-order valence-electron chi connectivity index (χ4n) is 3.25. The van der Waals surface area contributed by atoms with Crippen molar-refractivity contribution in [1.82, 2.24) is 5.32 Å². The van der Waals surface area contributed by atoms with Gasteiger partial charge in [0.25, 0.3) is 0 Å². The molecule has 0 aromatic heterocycles. The molecule has 0 heterocycles. The highest BCUT2D eigenvalue weighted by Crippen LogP contribution is 2.31. The number of benzene rings is 3. The molecule has 3 aromatic carbocycles. The second-order valence-electron chi connectivity index (χ2n) is 6.60. The van der Waals surface area contributed by atoms with E-state index >= 15 is 0 Å². The highest BCUT2D eigenvalue weighted by molar-refractivity contribution is 5.39. The van der Waals surface area contributed by atoms with Gasteiger partial charge in [0.1, 0.15) is 11.5 Å². The molecule has 0 saturated carbocycles. The summed E-state index contributed by atoms with van der Waals surface area (Å²) >= 11 is 0. The molecule has 0 aliphatic carbocycles. The van der Waals surface area contributed by atoms with Gasteiger partial charge in [-0.1, -0.05) is 66.7 Å². The lowest BCUT2D eigenvalue weighted by atomic mass is 9.89. The van der Waals surface area contributed by atoms with Crippen LogP contribution in [0, 0.1) is 0 Å². The van der Waals surface area contributed by atoms with E-state index in [1.54, 1.807) is 0 Å². The number of para-hydroxylation sites is 2. The number of ether oxygens (including phenoxy) is 1. The van der Waals surface area contributed by atoms with Crippen LogP contribution in [0.1, 0.15) is 23.5 Å². The molecule has 140 valence electrons. The molecule has 0 saturated heterocycles. The Bertz CT molecular complexity index is 790. The summed E-state index contributed by atoms with van der Waals surface area (Å²) in [5.41, 5.74) is 2.54. The first-order chi connectivity index (χ1) is 13.4. The van der Waals surface area contributed by atoms with E-state index in [0.717, 1.165) is 30.9 Å². The SMILES string of the molecule is OCCNCC[C@@H](Cc1ccccc1Oc1ccccc1)c1ccccc1. The van der Waals surface area contributed by atoms with Gasteiger partial charge in [-0.05, 0) is 54.6 Å². The average molecular weight is 361 g/mol. The summed E-state index contributed by atoms with van der Waals surface area (Å²) < 4.78 is 6.14. The minimum atomic E-state index is 0.170. The number of hydrogen-bond donors (Lipinski definition) is 2. The molecule has 3 aromatic rings. The molecule has 1 atom stereocenters. The van der Waals surface area contributed by atoms with Crippen LogP contribution in [0.15, 0.2) is 84.9 Å². The Morgan fingerprint density at radius 1 is 0.778 bits per heavy atom. The van der Waals surface area contributed by atoms with E-state index in [4.69, 9.17) is 9.84 Å². The van der Waals surface area contributed by atoms with E-state index < -0.39 is 0 Å². The topological polar surface area (TPSA) is 41.5 Å². The van der Waals surface area contributed by atoms with Gasteiger partial charge in [-0.15, -0.1) is 0 Å². The zero-order chi connectivity index (χ0) is 18.7. The second kappa shape index (κ2) is 10.5. The lowest BCUT2D eigenvalue weighted by Gasteiger charge is -2.20. The minimum absolute atomic E-state index is 0.170. The highest BCUT2D eigenvalue weighted by atomic mass is 16.5. The number of nitrogens with one attached hydrogen (secondary N) is 1. The maximum atomic E-state index is 8.98. The Morgan fingerprint density at radius 3 is 2.19 bits per heavy atom. The summed E-state index contributed by atoms with van der Waals surface area (Å²) in [6, 6.07) is 28.8. The zero-order valence-corrected chi connectivity index (χ0v) is 15.6. The van der Waals surface area contributed by atoms with Crippen LogP contribution < -0.4 is 10.1 Å². The summed E-state index contributed by atoms with van der Waals surface area (Å²) in [6.07, 6.45) is 1.91. The van der Waals surface area contributed by atoms with Crippen LogP contribution in [0.5, 0.6) is 11.5 Å². The summed E-state index contributed by atoms with van der Waals surface area (Å²) in [6.45, 7) is 1.68. The van der Waals surface area contributed by atoms with Crippen LogP contribution in [0.3, 0.4) is 0 Å². The standard InChI is InChI=1S/C24H27NO2/c26-18-17-25-16-15-21(20-9-3-1-4-10-20)19-22-11-7-8-14-24(22)27-23-12-5-2-6-13-23/h1-14,21,25-26H,15-19H2/t21-/m0/s1. The summed E-state index contributed by atoms with van der Waals surface area (Å²) in [5, 5.41) is 12.3. The fourth-order valence-corrected chi connectivity index (χ4v) is 3.25. The van der Waals surface area contributed by atoms with Gasteiger partial charge in [-0.2, -0.15) is 0 Å². The van der Waals surface area contributed by atoms with Gasteiger partial charge in [-0.25, -0.2) is 0 Å². The second-order valence-corrected chi connectivity index (χ2v) is 6.60. The van der Waals surface area contributed by atoms with Gasteiger partial charge in [0.2, 0.25) is 0 Å². The number of aliphatic hydroxyl groups is 1. The number of aliphatic hydroxyl groups excluding tert-OH is 1. The quantitative estimate of drug-likeness (QED) is 0.511. The molecule has 0 amide bonds. The van der Waals surface area contributed by atoms with Crippen molar-refractivity contribution in [3.05, 3.63) is 96.1 Å². The van der Waals surface area contributed by atoms with E-state index in [1.807, 2.05) is 42.5 Å². The van der Waals surface area contributed by atoms with Crippen molar-refractivity contribution in [2.24, 2.45) is 0 Å². The van der Waals surface area contributed by atoms with E-state index in [-0.39, 0.29) is 6.61 Å². The number of hydrogen-bond acceptors (Lipinski definition) is 3. The molecule has 2 N–H and O–H groups in total. The van der Waals surface area contributed by atoms with Crippen LogP contribution in [-0.2, 0) is 6.42 Å². The van der Waals surface area contributed by atoms with Crippen molar-refractivity contribution < 1.29 is 9.84 Å². The molecular formula is C24H27NO2. The Kier molecular flexibility index (Phi) is 7.45. The number of rotatable bonds is 10. The summed E-state index contributed by atoms with van der Waals surface area (Å²) in [7, 11) is 0. The molecule has 0 unspecified atom stereocenters. The molecule has 0 radical (unpaired) electrons. The van der Waals surface area contributed by atoms with Crippen molar-refractivity contribution >= 4 is 0 Å². The molecular weight excluding hydrogens is 334 g/mol. The lowest BCUT2D eigenvalue weighted by Crippen LogP contribution is -2.21. The van der Waals surface area contributed by atoms with E-state index in [2.05, 4.69) is 47.8 Å². The first-order valence-electron chi connectivity index (χ1n) is 9.54. The van der Waals surface area contributed by atoms with Crippen molar-refractivity contribution in [1.29, 1.82) is 0 Å². The van der Waals surface area contributed by atoms with Crippen molar-refractivity contribution in [2.45, 2.75) is 18.8 Å². The van der Waals surface area contributed by atoms with Crippen LogP contribution >= 0.6 is 0 Å². The Hall–Kier alpha value is -2.62. The maximum absolute atomic E-state index is 8.98. The molecule has 3 rings (SSSR count). The third-order valence-electron chi connectivity index (χ3n) is 4.64. The van der Waals surface area contributed by atoms with Gasteiger partial charge in [0, 0.05) is 6.54 Å². The Morgan fingerprint density at radius 2 is 1.44 bits per heavy atom. The van der Waals surface area contributed by atoms with Crippen LogP contribution in [0.25, 0.3) is 0 Å². The largest absolute Gasteiger partial charge is 0.457 e. The minimum Gasteiger partial charge on any atom is -0.457 e. The van der Waals surface area contributed by atoms with Gasteiger partial charge in [-0.3, -0.25) is 0 Å². The third kappa shape index (κ3) is 5.95. The Labute approximate surface area is 161 Å². The van der Waals surface area contributed by atoms with Gasteiger partial charge in [0.05, 0.1) is 6.61 Å². The van der Waals surface area contributed by atoms with Gasteiger partial charge in [0.15, 0.2) is 0 Å². The molecule has 27 heavy (non-hydrogen) atoms. The van der Waals surface area contributed by atoms with Gasteiger partial charge >= 0.3 is 0 Å². The van der Waals surface area contributed by atoms with Crippen molar-refractivity contribution in [3.8, 4) is 11.5 Å². The predicted octanol–water partition coefficient (Wildman–Crippen LogP) is 4.78. The lowest BCUT2D eigenvalue weighted by molar-refractivity contribution is 0.291. The average Bonchev–Trinajstić information content (AvgIpc) is 2.73. The van der Waals surface area contributed by atoms with E-state index in [0.29, 0.717) is 12.5 Å². The zero-order valence-electron chi connectivity index (χ0n) is 15.6.